The lowest BCUT2D eigenvalue weighted by Gasteiger charge is -2.29. The minimum absolute atomic E-state index is 0.0929. The molecule has 162 valence electrons. The average molecular weight is 435 g/mol. The summed E-state index contributed by atoms with van der Waals surface area (Å²) in [4.78, 5) is 0. The zero-order valence-electron chi connectivity index (χ0n) is 16.1. The first-order valence-corrected chi connectivity index (χ1v) is 9.58. The van der Waals surface area contributed by atoms with Crippen molar-refractivity contribution in [1.82, 2.24) is 0 Å². The van der Waals surface area contributed by atoms with Crippen LogP contribution in [0.25, 0.3) is 11.1 Å². The number of nitrogens with one attached hydrogen (secondary N) is 1. The third kappa shape index (κ3) is 5.07. The van der Waals surface area contributed by atoms with Crippen LogP contribution in [0.5, 0.6) is 11.5 Å². The smallest absolute Gasteiger partial charge is 0.435 e. The van der Waals surface area contributed by atoms with Crippen molar-refractivity contribution in [2.24, 2.45) is 0 Å². The maximum atomic E-state index is 12.6. The average Bonchev–Trinajstić information content (AvgIpc) is 2.71. The van der Waals surface area contributed by atoms with Crippen LogP contribution in [0.15, 0.2) is 66.7 Å². The summed E-state index contributed by atoms with van der Waals surface area (Å²) in [6, 6.07) is 17.9. The summed E-state index contributed by atoms with van der Waals surface area (Å²) in [5.41, 5.74) is 4.06. The van der Waals surface area contributed by atoms with Gasteiger partial charge in [0.05, 0.1) is 6.04 Å². The van der Waals surface area contributed by atoms with Gasteiger partial charge >= 0.3 is 13.0 Å². The molecule has 0 saturated carbocycles. The first-order valence-electron chi connectivity index (χ1n) is 9.58. The molecular formula is C23H18F5NO2. The van der Waals surface area contributed by atoms with Gasteiger partial charge in [-0.05, 0) is 65.4 Å². The van der Waals surface area contributed by atoms with Gasteiger partial charge in [0.15, 0.2) is 0 Å². The van der Waals surface area contributed by atoms with E-state index in [0.29, 0.717) is 18.4 Å². The molecule has 1 aliphatic rings. The lowest BCUT2D eigenvalue weighted by atomic mass is 9.88. The fourth-order valence-electron chi connectivity index (χ4n) is 3.83. The first kappa shape index (κ1) is 21.0. The van der Waals surface area contributed by atoms with E-state index in [4.69, 9.17) is 0 Å². The van der Waals surface area contributed by atoms with E-state index in [0.717, 1.165) is 22.4 Å². The molecule has 3 nitrogen and oxygen atoms in total. The second-order valence-electron chi connectivity index (χ2n) is 7.09. The molecule has 0 aliphatic carbocycles. The predicted molar refractivity (Wildman–Crippen MR) is 106 cm³/mol. The molecule has 0 bridgehead atoms. The van der Waals surface area contributed by atoms with E-state index >= 15 is 0 Å². The summed E-state index contributed by atoms with van der Waals surface area (Å²) in [7, 11) is 0. The quantitative estimate of drug-likeness (QED) is 0.440. The predicted octanol–water partition coefficient (Wildman–Crippen LogP) is 6.95. The zero-order valence-corrected chi connectivity index (χ0v) is 16.1. The third-order valence-corrected chi connectivity index (χ3v) is 5.05. The second-order valence-corrected chi connectivity index (χ2v) is 7.09. The van der Waals surface area contributed by atoms with Gasteiger partial charge in [0.2, 0.25) is 0 Å². The van der Waals surface area contributed by atoms with Crippen LogP contribution in [0.1, 0.15) is 23.6 Å². The number of halogens is 5. The van der Waals surface area contributed by atoms with E-state index < -0.39 is 13.0 Å². The monoisotopic (exact) mass is 435 g/mol. The maximum absolute atomic E-state index is 12.6. The van der Waals surface area contributed by atoms with Crippen LogP contribution in [-0.2, 0) is 6.42 Å². The molecule has 3 aromatic carbocycles. The Balaban J connectivity index is 1.59. The van der Waals surface area contributed by atoms with Crippen LogP contribution < -0.4 is 14.8 Å². The fourth-order valence-corrected chi connectivity index (χ4v) is 3.83. The van der Waals surface area contributed by atoms with Crippen LogP contribution in [-0.4, -0.2) is 13.0 Å². The number of hydrogen-bond acceptors (Lipinski definition) is 3. The largest absolute Gasteiger partial charge is 0.573 e. The normalized spacial score (nSPS) is 15.9. The molecule has 1 atom stereocenters. The van der Waals surface area contributed by atoms with E-state index in [2.05, 4.69) is 14.8 Å². The standard InChI is InChI=1S/C23H18F5NO2/c24-22(25)30-16-6-2-5-15(13-16)20-11-10-19-18(8-3-9-21(19)29-20)14-4-1-7-17(12-14)31-23(26,27)28/h1-9,12-13,20,22,29H,10-11H2/t20-/m0/s1. The Hall–Kier alpha value is -3.29. The molecule has 0 spiro atoms. The van der Waals surface area contributed by atoms with Crippen molar-refractivity contribution in [1.29, 1.82) is 0 Å². The van der Waals surface area contributed by atoms with Gasteiger partial charge in [0.1, 0.15) is 11.5 Å². The summed E-state index contributed by atoms with van der Waals surface area (Å²) in [6.07, 6.45) is -3.42. The van der Waals surface area contributed by atoms with E-state index in [9.17, 15) is 22.0 Å². The molecule has 1 heterocycles. The Labute approximate surface area is 175 Å². The van der Waals surface area contributed by atoms with Gasteiger partial charge in [0.25, 0.3) is 0 Å². The van der Waals surface area contributed by atoms with Gasteiger partial charge in [0, 0.05) is 5.69 Å². The maximum Gasteiger partial charge on any atom is 0.573 e. The lowest BCUT2D eigenvalue weighted by molar-refractivity contribution is -0.274. The van der Waals surface area contributed by atoms with E-state index in [1.807, 2.05) is 24.3 Å². The highest BCUT2D eigenvalue weighted by atomic mass is 19.4. The van der Waals surface area contributed by atoms with Gasteiger partial charge in [-0.1, -0.05) is 36.4 Å². The van der Waals surface area contributed by atoms with Crippen molar-refractivity contribution in [3.63, 3.8) is 0 Å². The minimum Gasteiger partial charge on any atom is -0.435 e. The zero-order chi connectivity index (χ0) is 22.0. The molecule has 0 aromatic heterocycles. The van der Waals surface area contributed by atoms with Crippen LogP contribution in [0, 0.1) is 0 Å². The van der Waals surface area contributed by atoms with E-state index in [1.54, 1.807) is 18.2 Å². The molecular weight excluding hydrogens is 417 g/mol. The van der Waals surface area contributed by atoms with Gasteiger partial charge in [-0.3, -0.25) is 0 Å². The summed E-state index contributed by atoms with van der Waals surface area (Å²) in [5, 5.41) is 3.40. The molecule has 31 heavy (non-hydrogen) atoms. The van der Waals surface area contributed by atoms with Crippen LogP contribution >= 0.6 is 0 Å². The number of rotatable bonds is 5. The Kier molecular flexibility index (Phi) is 5.71. The topological polar surface area (TPSA) is 30.5 Å². The van der Waals surface area contributed by atoms with Crippen LogP contribution in [0.3, 0.4) is 0 Å². The van der Waals surface area contributed by atoms with E-state index in [-0.39, 0.29) is 17.5 Å². The summed E-state index contributed by atoms with van der Waals surface area (Å²) >= 11 is 0. The summed E-state index contributed by atoms with van der Waals surface area (Å²) in [5.74, 6) is -0.185. The fraction of sp³-hybridized carbons (Fsp3) is 0.217. The lowest BCUT2D eigenvalue weighted by Crippen LogP contribution is -2.19. The minimum atomic E-state index is -4.76. The highest BCUT2D eigenvalue weighted by molar-refractivity contribution is 5.76. The Morgan fingerprint density at radius 3 is 2.42 bits per heavy atom. The molecule has 8 heteroatoms. The molecule has 4 rings (SSSR count). The summed E-state index contributed by atoms with van der Waals surface area (Å²) < 4.78 is 71.2. The number of benzene rings is 3. The van der Waals surface area contributed by atoms with Gasteiger partial charge in [-0.25, -0.2) is 0 Å². The van der Waals surface area contributed by atoms with Crippen molar-refractivity contribution in [2.75, 3.05) is 5.32 Å². The third-order valence-electron chi connectivity index (χ3n) is 5.05. The molecule has 0 saturated heterocycles. The van der Waals surface area contributed by atoms with Crippen molar-refractivity contribution < 1.29 is 31.4 Å². The molecule has 0 unspecified atom stereocenters. The van der Waals surface area contributed by atoms with E-state index in [1.165, 1.54) is 24.3 Å². The number of ether oxygens (including phenoxy) is 2. The highest BCUT2D eigenvalue weighted by Crippen LogP contribution is 2.39. The Bertz CT molecular complexity index is 1070. The van der Waals surface area contributed by atoms with Crippen molar-refractivity contribution in [2.45, 2.75) is 31.9 Å². The van der Waals surface area contributed by atoms with Crippen molar-refractivity contribution in [3.05, 3.63) is 77.9 Å². The van der Waals surface area contributed by atoms with Crippen molar-refractivity contribution >= 4 is 5.69 Å². The SMILES string of the molecule is FC(F)Oc1cccc([C@@H]2CCc3c(cccc3-c3cccc(OC(F)(F)F)c3)N2)c1. The van der Waals surface area contributed by atoms with Gasteiger partial charge < -0.3 is 14.8 Å². The second kappa shape index (κ2) is 8.45. The number of anilines is 1. The Morgan fingerprint density at radius 2 is 1.65 bits per heavy atom. The van der Waals surface area contributed by atoms with Crippen molar-refractivity contribution in [3.8, 4) is 22.6 Å². The van der Waals surface area contributed by atoms with Crippen LogP contribution in [0.2, 0.25) is 0 Å². The molecule has 3 aromatic rings. The summed E-state index contributed by atoms with van der Waals surface area (Å²) in [6.45, 7) is -2.89. The molecule has 1 aliphatic heterocycles. The van der Waals surface area contributed by atoms with Gasteiger partial charge in [-0.15, -0.1) is 13.2 Å². The molecule has 0 radical (unpaired) electrons. The highest BCUT2D eigenvalue weighted by Gasteiger charge is 2.31. The molecule has 0 amide bonds. The Morgan fingerprint density at radius 1 is 0.903 bits per heavy atom. The number of fused-ring (bicyclic) bond motifs is 1. The number of hydrogen-bond donors (Lipinski definition) is 1. The number of alkyl halides is 5. The molecule has 1 N–H and O–H groups in total. The first-order chi connectivity index (χ1) is 14.8. The molecule has 0 fully saturated rings. The van der Waals surface area contributed by atoms with Gasteiger partial charge in [-0.2, -0.15) is 8.78 Å². The van der Waals surface area contributed by atoms with Crippen LogP contribution in [0.4, 0.5) is 27.6 Å².